The molecule has 0 saturated carbocycles. The molecule has 0 unspecified atom stereocenters. The summed E-state index contributed by atoms with van der Waals surface area (Å²) < 4.78 is 5.51. The summed E-state index contributed by atoms with van der Waals surface area (Å²) in [7, 11) is 0. The van der Waals surface area contributed by atoms with Crippen LogP contribution >= 0.6 is 12.2 Å². The molecule has 0 heterocycles. The summed E-state index contributed by atoms with van der Waals surface area (Å²) in [5.41, 5.74) is 9.38. The van der Waals surface area contributed by atoms with Crippen LogP contribution in [-0.4, -0.2) is 17.6 Å². The van der Waals surface area contributed by atoms with Crippen molar-refractivity contribution in [3.63, 3.8) is 0 Å². The minimum atomic E-state index is -0.333. The summed E-state index contributed by atoms with van der Waals surface area (Å²) in [4.78, 5) is 11.9. The van der Waals surface area contributed by atoms with E-state index in [9.17, 15) is 4.79 Å². The number of nitrogens with one attached hydrogen (secondary N) is 3. The summed E-state index contributed by atoms with van der Waals surface area (Å²) in [6, 6.07) is 25.4. The Morgan fingerprint density at radius 1 is 0.857 bits per heavy atom. The van der Waals surface area contributed by atoms with Crippen LogP contribution in [0.2, 0.25) is 0 Å². The van der Waals surface area contributed by atoms with Gasteiger partial charge in [0.05, 0.1) is 0 Å². The number of hydrazine groups is 1. The van der Waals surface area contributed by atoms with Crippen LogP contribution in [0.1, 0.15) is 5.56 Å². The monoisotopic (exact) mass is 391 g/mol. The Labute approximate surface area is 169 Å². The van der Waals surface area contributed by atoms with Gasteiger partial charge in [0.25, 0.3) is 5.91 Å². The number of rotatable bonds is 5. The average Bonchev–Trinajstić information content (AvgIpc) is 2.73. The number of ether oxygens (including phenoxy) is 1. The molecule has 0 fully saturated rings. The molecule has 1 amide bonds. The van der Waals surface area contributed by atoms with Gasteiger partial charge in [-0.05, 0) is 54.5 Å². The van der Waals surface area contributed by atoms with Crippen molar-refractivity contribution < 1.29 is 9.53 Å². The van der Waals surface area contributed by atoms with E-state index in [0.29, 0.717) is 10.9 Å². The molecular weight excluding hydrogens is 370 g/mol. The van der Waals surface area contributed by atoms with Crippen molar-refractivity contribution in [1.29, 1.82) is 0 Å². The van der Waals surface area contributed by atoms with E-state index < -0.39 is 0 Å². The maximum absolute atomic E-state index is 11.9. The third-order valence-corrected chi connectivity index (χ3v) is 4.16. The molecule has 142 valence electrons. The smallest absolute Gasteiger partial charge is 0.276 e. The second-order valence-electron chi connectivity index (χ2n) is 6.17. The minimum absolute atomic E-state index is 0.120. The predicted octanol–water partition coefficient (Wildman–Crippen LogP) is 4.06. The van der Waals surface area contributed by atoms with E-state index in [-0.39, 0.29) is 12.5 Å². The number of carbonyl (C=O) groups excluding carboxylic acids is 1. The molecule has 0 spiro atoms. The van der Waals surface area contributed by atoms with E-state index in [0.717, 1.165) is 22.4 Å². The summed E-state index contributed by atoms with van der Waals surface area (Å²) in [5, 5.41) is 3.28. The summed E-state index contributed by atoms with van der Waals surface area (Å²) >= 11 is 5.15. The van der Waals surface area contributed by atoms with Gasteiger partial charge < -0.3 is 10.1 Å². The third kappa shape index (κ3) is 5.82. The highest BCUT2D eigenvalue weighted by atomic mass is 32.1. The largest absolute Gasteiger partial charge is 0.484 e. The standard InChI is InChI=1S/C22H21N3O2S/c1-16-7-11-19(12-8-16)23-22(28)25-24-21(26)15-27-20-13-9-18(10-14-20)17-5-3-2-4-6-17/h2-14H,15H2,1H3,(H,24,26)(H2,23,25,28). The molecule has 0 bridgehead atoms. The molecule has 0 aromatic heterocycles. The number of thiocarbonyl (C=S) groups is 1. The van der Waals surface area contributed by atoms with Crippen molar-refractivity contribution >= 4 is 28.9 Å². The number of carbonyl (C=O) groups is 1. The maximum atomic E-state index is 11.9. The number of hydrogen-bond donors (Lipinski definition) is 3. The fraction of sp³-hybridized carbons (Fsp3) is 0.0909. The molecule has 3 rings (SSSR count). The highest BCUT2D eigenvalue weighted by Gasteiger charge is 2.05. The van der Waals surface area contributed by atoms with Crippen LogP contribution < -0.4 is 20.9 Å². The van der Waals surface area contributed by atoms with Crippen molar-refractivity contribution in [2.24, 2.45) is 0 Å². The van der Waals surface area contributed by atoms with Gasteiger partial charge in [-0.2, -0.15) is 0 Å². The van der Waals surface area contributed by atoms with Gasteiger partial charge in [-0.1, -0.05) is 60.2 Å². The Kier molecular flexibility index (Phi) is 6.59. The van der Waals surface area contributed by atoms with Gasteiger partial charge in [0.1, 0.15) is 5.75 Å². The molecular formula is C22H21N3O2S. The molecule has 0 aliphatic rings. The number of aryl methyl sites for hydroxylation is 1. The average molecular weight is 391 g/mol. The Morgan fingerprint density at radius 2 is 1.50 bits per heavy atom. The van der Waals surface area contributed by atoms with Crippen LogP contribution in [0.3, 0.4) is 0 Å². The molecule has 0 aliphatic heterocycles. The second-order valence-corrected chi connectivity index (χ2v) is 6.58. The van der Waals surface area contributed by atoms with E-state index in [1.807, 2.05) is 85.8 Å². The van der Waals surface area contributed by atoms with E-state index >= 15 is 0 Å². The third-order valence-electron chi connectivity index (χ3n) is 3.96. The quantitative estimate of drug-likeness (QED) is 0.452. The first-order valence-electron chi connectivity index (χ1n) is 8.81. The fourth-order valence-electron chi connectivity index (χ4n) is 2.48. The van der Waals surface area contributed by atoms with Gasteiger partial charge in [0.2, 0.25) is 0 Å². The van der Waals surface area contributed by atoms with E-state index in [4.69, 9.17) is 17.0 Å². The minimum Gasteiger partial charge on any atom is -0.484 e. The van der Waals surface area contributed by atoms with Crippen molar-refractivity contribution in [2.75, 3.05) is 11.9 Å². The summed E-state index contributed by atoms with van der Waals surface area (Å²) in [5.74, 6) is 0.287. The first-order chi connectivity index (χ1) is 13.6. The van der Waals surface area contributed by atoms with Crippen molar-refractivity contribution in [3.8, 4) is 16.9 Å². The topological polar surface area (TPSA) is 62.4 Å². The Morgan fingerprint density at radius 3 is 2.18 bits per heavy atom. The zero-order valence-corrected chi connectivity index (χ0v) is 16.3. The molecule has 5 nitrogen and oxygen atoms in total. The van der Waals surface area contributed by atoms with Crippen molar-refractivity contribution in [1.82, 2.24) is 10.9 Å². The summed E-state index contributed by atoms with van der Waals surface area (Å²) in [6.45, 7) is 1.89. The van der Waals surface area contributed by atoms with Crippen LogP contribution in [-0.2, 0) is 4.79 Å². The summed E-state index contributed by atoms with van der Waals surface area (Å²) in [6.07, 6.45) is 0. The Hall–Kier alpha value is -3.38. The van der Waals surface area contributed by atoms with Crippen LogP contribution in [0.5, 0.6) is 5.75 Å². The lowest BCUT2D eigenvalue weighted by Crippen LogP contribution is -2.45. The van der Waals surface area contributed by atoms with Crippen LogP contribution in [0.25, 0.3) is 11.1 Å². The van der Waals surface area contributed by atoms with E-state index in [2.05, 4.69) is 16.2 Å². The van der Waals surface area contributed by atoms with Crippen molar-refractivity contribution in [3.05, 3.63) is 84.4 Å². The molecule has 3 aromatic rings. The first-order valence-corrected chi connectivity index (χ1v) is 9.22. The maximum Gasteiger partial charge on any atom is 0.276 e. The molecule has 0 aliphatic carbocycles. The Bertz CT molecular complexity index is 926. The first kappa shape index (κ1) is 19.4. The van der Waals surface area contributed by atoms with Gasteiger partial charge in [0.15, 0.2) is 11.7 Å². The van der Waals surface area contributed by atoms with Crippen molar-refractivity contribution in [2.45, 2.75) is 6.92 Å². The fourth-order valence-corrected chi connectivity index (χ4v) is 2.65. The molecule has 0 radical (unpaired) electrons. The van der Waals surface area contributed by atoms with Gasteiger partial charge in [-0.3, -0.25) is 15.6 Å². The SMILES string of the molecule is Cc1ccc(NC(=S)NNC(=O)COc2ccc(-c3ccccc3)cc2)cc1. The highest BCUT2D eigenvalue weighted by molar-refractivity contribution is 7.80. The van der Waals surface area contributed by atoms with Gasteiger partial charge in [-0.15, -0.1) is 0 Å². The van der Waals surface area contributed by atoms with Crippen LogP contribution in [0, 0.1) is 6.92 Å². The number of hydrogen-bond acceptors (Lipinski definition) is 3. The van der Waals surface area contributed by atoms with Crippen LogP contribution in [0.4, 0.5) is 5.69 Å². The lowest BCUT2D eigenvalue weighted by molar-refractivity contribution is -0.123. The second kappa shape index (κ2) is 9.53. The zero-order valence-electron chi connectivity index (χ0n) is 15.4. The van der Waals surface area contributed by atoms with E-state index in [1.54, 1.807) is 0 Å². The molecule has 3 aromatic carbocycles. The molecule has 28 heavy (non-hydrogen) atoms. The lowest BCUT2D eigenvalue weighted by atomic mass is 10.1. The molecule has 6 heteroatoms. The normalized spacial score (nSPS) is 10.0. The van der Waals surface area contributed by atoms with E-state index in [1.165, 1.54) is 0 Å². The molecule has 0 saturated heterocycles. The molecule has 3 N–H and O–H groups in total. The number of benzene rings is 3. The zero-order chi connectivity index (χ0) is 19.8. The van der Waals surface area contributed by atoms with Gasteiger partial charge >= 0.3 is 0 Å². The Balaban J connectivity index is 1.41. The predicted molar refractivity (Wildman–Crippen MR) is 116 cm³/mol. The number of anilines is 1. The number of amides is 1. The van der Waals surface area contributed by atoms with Crippen LogP contribution in [0.15, 0.2) is 78.9 Å². The van der Waals surface area contributed by atoms with Gasteiger partial charge in [0, 0.05) is 5.69 Å². The van der Waals surface area contributed by atoms with Gasteiger partial charge in [-0.25, -0.2) is 0 Å². The molecule has 0 atom stereocenters. The highest BCUT2D eigenvalue weighted by Crippen LogP contribution is 2.21. The lowest BCUT2D eigenvalue weighted by Gasteiger charge is -2.12.